The van der Waals surface area contributed by atoms with Gasteiger partial charge in [-0.05, 0) is 42.3 Å². The van der Waals surface area contributed by atoms with Crippen LogP contribution in [-0.2, 0) is 22.6 Å². The van der Waals surface area contributed by atoms with Crippen molar-refractivity contribution in [2.45, 2.75) is 25.4 Å². The molecule has 2 aromatic carbocycles. The maximum absolute atomic E-state index is 13.2. The summed E-state index contributed by atoms with van der Waals surface area (Å²) in [4.78, 5) is 32.8. The first-order valence-corrected chi connectivity index (χ1v) is 10.3. The number of hydrogen-bond acceptors (Lipinski definition) is 5. The van der Waals surface area contributed by atoms with Gasteiger partial charge in [-0.1, -0.05) is 11.6 Å². The number of ether oxygens (including phenoxy) is 2. The minimum atomic E-state index is -0.467. The second kappa shape index (κ2) is 6.48. The summed E-state index contributed by atoms with van der Waals surface area (Å²) in [6, 6.07) is 10.5. The van der Waals surface area contributed by atoms with E-state index in [1.54, 1.807) is 18.2 Å². The monoisotopic (exact) mass is 423 g/mol. The first-order chi connectivity index (χ1) is 14.6. The largest absolute Gasteiger partial charge is 0.454 e. The summed E-state index contributed by atoms with van der Waals surface area (Å²) in [6.07, 6.45) is 0.979. The number of imide groups is 1. The third kappa shape index (κ3) is 2.62. The first kappa shape index (κ1) is 17.8. The highest BCUT2D eigenvalue weighted by Gasteiger charge is 2.44. The normalized spacial score (nSPS) is 21.0. The summed E-state index contributed by atoms with van der Waals surface area (Å²) in [6.45, 7) is 1.46. The fourth-order valence-corrected chi connectivity index (χ4v) is 4.87. The number of anilines is 1. The molecule has 0 aliphatic carbocycles. The van der Waals surface area contributed by atoms with Gasteiger partial charge < -0.3 is 14.5 Å². The van der Waals surface area contributed by atoms with Crippen LogP contribution in [0.25, 0.3) is 10.9 Å². The highest BCUT2D eigenvalue weighted by atomic mass is 35.5. The van der Waals surface area contributed by atoms with Crippen molar-refractivity contribution in [3.63, 3.8) is 0 Å². The van der Waals surface area contributed by atoms with E-state index in [4.69, 9.17) is 21.1 Å². The number of rotatable bonds is 2. The molecule has 0 unspecified atom stereocenters. The number of nitrogens with zero attached hydrogens (tertiary/aromatic N) is 2. The van der Waals surface area contributed by atoms with E-state index in [2.05, 4.69) is 9.88 Å². The Balaban J connectivity index is 1.28. The van der Waals surface area contributed by atoms with Gasteiger partial charge in [0.25, 0.3) is 5.91 Å². The molecule has 1 N–H and O–H groups in total. The lowest BCUT2D eigenvalue weighted by atomic mass is 10.0. The molecule has 3 aliphatic heterocycles. The summed E-state index contributed by atoms with van der Waals surface area (Å²) in [5, 5.41) is 1.84. The van der Waals surface area contributed by atoms with Gasteiger partial charge in [-0.3, -0.25) is 14.5 Å². The van der Waals surface area contributed by atoms with E-state index in [1.807, 2.05) is 18.2 Å². The van der Waals surface area contributed by atoms with Crippen molar-refractivity contribution in [2.24, 2.45) is 0 Å². The van der Waals surface area contributed by atoms with Crippen LogP contribution in [-0.4, -0.2) is 41.1 Å². The highest BCUT2D eigenvalue weighted by molar-refractivity contribution is 6.31. The molecule has 8 heteroatoms. The van der Waals surface area contributed by atoms with Crippen LogP contribution < -0.4 is 14.4 Å². The Morgan fingerprint density at radius 3 is 2.83 bits per heavy atom. The summed E-state index contributed by atoms with van der Waals surface area (Å²) < 4.78 is 10.7. The zero-order valence-corrected chi connectivity index (χ0v) is 16.7. The van der Waals surface area contributed by atoms with E-state index < -0.39 is 6.04 Å². The van der Waals surface area contributed by atoms with Crippen molar-refractivity contribution in [1.29, 1.82) is 0 Å². The smallest absolute Gasteiger partial charge is 0.251 e. The lowest BCUT2D eigenvalue weighted by Crippen LogP contribution is -2.44. The topological polar surface area (TPSA) is 74.9 Å². The summed E-state index contributed by atoms with van der Waals surface area (Å²) in [5.41, 5.74) is 3.89. The Morgan fingerprint density at radius 2 is 1.93 bits per heavy atom. The third-order valence-corrected chi connectivity index (χ3v) is 6.38. The molecule has 0 spiro atoms. The second-order valence-electron chi connectivity index (χ2n) is 7.82. The van der Waals surface area contributed by atoms with E-state index >= 15 is 0 Å². The van der Waals surface area contributed by atoms with Gasteiger partial charge >= 0.3 is 0 Å². The van der Waals surface area contributed by atoms with Crippen molar-refractivity contribution >= 4 is 40.0 Å². The molecule has 3 aliphatic rings. The Hall–Kier alpha value is -3.03. The number of aromatic nitrogens is 1. The molecule has 1 aromatic heterocycles. The molecule has 4 heterocycles. The summed E-state index contributed by atoms with van der Waals surface area (Å²) >= 11 is 6.17. The minimum Gasteiger partial charge on any atom is -0.454 e. The van der Waals surface area contributed by atoms with E-state index in [9.17, 15) is 9.59 Å². The number of hydrogen-bond donors (Lipinski definition) is 1. The van der Waals surface area contributed by atoms with Crippen molar-refractivity contribution in [1.82, 2.24) is 9.88 Å². The molecule has 0 saturated carbocycles. The maximum atomic E-state index is 13.2. The van der Waals surface area contributed by atoms with Crippen LogP contribution in [0.1, 0.15) is 17.7 Å². The summed E-state index contributed by atoms with van der Waals surface area (Å²) in [5.74, 6) is 0.785. The summed E-state index contributed by atoms with van der Waals surface area (Å²) in [7, 11) is 0. The van der Waals surface area contributed by atoms with Crippen LogP contribution in [0, 0.1) is 0 Å². The Morgan fingerprint density at radius 1 is 1.07 bits per heavy atom. The van der Waals surface area contributed by atoms with Crippen molar-refractivity contribution in [3.8, 4) is 11.5 Å². The van der Waals surface area contributed by atoms with Gasteiger partial charge in [0.05, 0.1) is 18.2 Å². The maximum Gasteiger partial charge on any atom is 0.251 e. The molecule has 152 valence electrons. The molecule has 1 fully saturated rings. The Labute approximate surface area is 177 Å². The number of aromatic amines is 1. The van der Waals surface area contributed by atoms with Gasteiger partial charge in [-0.15, -0.1) is 0 Å². The first-order valence-electron chi connectivity index (χ1n) is 9.88. The van der Waals surface area contributed by atoms with Gasteiger partial charge in [0.2, 0.25) is 12.7 Å². The van der Waals surface area contributed by atoms with Crippen molar-refractivity contribution in [3.05, 3.63) is 52.7 Å². The van der Waals surface area contributed by atoms with Gasteiger partial charge in [-0.2, -0.15) is 0 Å². The number of halogens is 1. The molecule has 6 rings (SSSR count). The average molecular weight is 424 g/mol. The SMILES string of the molecule is O=C1C[C@H](N2CCc3c([nH]c4ccc(Cl)cc34)C2)C(=O)N1c1ccc2c(c1)OCO2. The van der Waals surface area contributed by atoms with E-state index in [0.717, 1.165) is 23.0 Å². The molecule has 1 saturated heterocycles. The number of fused-ring (bicyclic) bond motifs is 4. The van der Waals surface area contributed by atoms with E-state index in [1.165, 1.54) is 10.5 Å². The molecular formula is C22H18ClN3O4. The minimum absolute atomic E-state index is 0.148. The molecule has 7 nitrogen and oxygen atoms in total. The van der Waals surface area contributed by atoms with Crippen molar-refractivity contribution in [2.75, 3.05) is 18.2 Å². The average Bonchev–Trinajstić information content (AvgIpc) is 3.42. The standard InChI is InChI=1S/C22H18ClN3O4/c23-12-1-3-16-15(7-12)14-5-6-25(10-17(14)24-16)18-9-21(27)26(22(18)28)13-2-4-19-20(8-13)30-11-29-19/h1-4,7-8,18,24H,5-6,9-11H2/t18-/m0/s1. The van der Waals surface area contributed by atoms with Crippen LogP contribution in [0.5, 0.6) is 11.5 Å². The van der Waals surface area contributed by atoms with E-state index in [0.29, 0.717) is 35.3 Å². The fraction of sp³-hybridized carbons (Fsp3) is 0.273. The van der Waals surface area contributed by atoms with Crippen LogP contribution in [0.4, 0.5) is 5.69 Å². The quantitative estimate of drug-likeness (QED) is 0.640. The molecule has 0 radical (unpaired) electrons. The Kier molecular flexibility index (Phi) is 3.85. The molecule has 30 heavy (non-hydrogen) atoms. The van der Waals surface area contributed by atoms with Gasteiger partial charge in [0, 0.05) is 40.8 Å². The molecule has 3 aromatic rings. The number of benzene rings is 2. The predicted molar refractivity (Wildman–Crippen MR) is 111 cm³/mol. The lowest BCUT2D eigenvalue weighted by molar-refractivity contribution is -0.123. The van der Waals surface area contributed by atoms with Crippen LogP contribution >= 0.6 is 11.6 Å². The van der Waals surface area contributed by atoms with Crippen LogP contribution in [0.3, 0.4) is 0 Å². The number of carbonyl (C=O) groups is 2. The molecular weight excluding hydrogens is 406 g/mol. The number of nitrogens with one attached hydrogen (secondary N) is 1. The van der Waals surface area contributed by atoms with Crippen LogP contribution in [0.2, 0.25) is 5.02 Å². The number of H-pyrrole nitrogens is 1. The fourth-order valence-electron chi connectivity index (χ4n) is 4.70. The third-order valence-electron chi connectivity index (χ3n) is 6.14. The second-order valence-corrected chi connectivity index (χ2v) is 8.25. The highest BCUT2D eigenvalue weighted by Crippen LogP contribution is 2.38. The zero-order valence-electron chi connectivity index (χ0n) is 16.0. The predicted octanol–water partition coefficient (Wildman–Crippen LogP) is 3.24. The lowest BCUT2D eigenvalue weighted by Gasteiger charge is -2.30. The van der Waals surface area contributed by atoms with Gasteiger partial charge in [0.15, 0.2) is 11.5 Å². The molecule has 1 atom stereocenters. The number of carbonyl (C=O) groups excluding carboxylic acids is 2. The molecule has 2 amide bonds. The number of amides is 2. The zero-order chi connectivity index (χ0) is 20.4. The van der Waals surface area contributed by atoms with Gasteiger partial charge in [0.1, 0.15) is 0 Å². The van der Waals surface area contributed by atoms with E-state index in [-0.39, 0.29) is 25.0 Å². The van der Waals surface area contributed by atoms with Crippen molar-refractivity contribution < 1.29 is 19.1 Å². The Bertz CT molecular complexity index is 1220. The molecule has 0 bridgehead atoms. The van der Waals surface area contributed by atoms with Gasteiger partial charge in [-0.25, -0.2) is 4.90 Å². The van der Waals surface area contributed by atoms with Crippen LogP contribution in [0.15, 0.2) is 36.4 Å².